The molecule has 1 N–H and O–H groups in total. The Labute approximate surface area is 121 Å². The molecule has 20 heavy (non-hydrogen) atoms. The van der Waals surface area contributed by atoms with E-state index in [1.54, 1.807) is 27.7 Å². The van der Waals surface area contributed by atoms with Crippen molar-refractivity contribution in [1.29, 1.82) is 0 Å². The highest BCUT2D eigenvalue weighted by molar-refractivity contribution is 5.80. The Hall–Kier alpha value is -1.26. The second-order valence-corrected chi connectivity index (χ2v) is 6.83. The third-order valence-corrected chi connectivity index (χ3v) is 3.68. The van der Waals surface area contributed by atoms with Crippen molar-refractivity contribution < 1.29 is 19.4 Å². The monoisotopic (exact) mass is 285 g/mol. The average molecular weight is 285 g/mol. The molecule has 1 saturated carbocycles. The Morgan fingerprint density at radius 2 is 1.90 bits per heavy atom. The third kappa shape index (κ3) is 4.69. The van der Waals surface area contributed by atoms with Crippen LogP contribution in [0.4, 0.5) is 4.79 Å². The van der Waals surface area contributed by atoms with Crippen LogP contribution < -0.4 is 0 Å². The lowest BCUT2D eigenvalue weighted by molar-refractivity contribution is -0.143. The lowest BCUT2D eigenvalue weighted by Gasteiger charge is -2.39. The number of carboxylic acids is 1. The van der Waals surface area contributed by atoms with Crippen molar-refractivity contribution in [3.8, 4) is 0 Å². The minimum absolute atomic E-state index is 0.0419. The molecule has 5 heteroatoms. The zero-order valence-electron chi connectivity index (χ0n) is 13.2. The van der Waals surface area contributed by atoms with E-state index in [2.05, 4.69) is 6.92 Å². The van der Waals surface area contributed by atoms with E-state index in [1.807, 2.05) is 0 Å². The van der Waals surface area contributed by atoms with Crippen molar-refractivity contribution in [1.82, 2.24) is 4.90 Å². The Kier molecular flexibility index (Phi) is 5.42. The van der Waals surface area contributed by atoms with E-state index in [9.17, 15) is 14.7 Å². The van der Waals surface area contributed by atoms with E-state index < -0.39 is 23.7 Å². The Morgan fingerprint density at radius 3 is 2.35 bits per heavy atom. The van der Waals surface area contributed by atoms with Gasteiger partial charge in [-0.15, -0.1) is 0 Å². The molecule has 116 valence electrons. The van der Waals surface area contributed by atoms with E-state index in [1.165, 1.54) is 4.90 Å². The first-order valence-electron chi connectivity index (χ1n) is 7.36. The molecule has 0 aromatic carbocycles. The first kappa shape index (κ1) is 16.8. The Balaban J connectivity index is 2.90. The SMILES string of the molecule is CC1CCCC(N(C(=O)OC(C)(C)C)[C@@H](C)C(=O)O)C1. The van der Waals surface area contributed by atoms with Gasteiger partial charge >= 0.3 is 12.1 Å². The van der Waals surface area contributed by atoms with Crippen LogP contribution in [0.3, 0.4) is 0 Å². The molecule has 1 aliphatic carbocycles. The molecule has 1 fully saturated rings. The van der Waals surface area contributed by atoms with Gasteiger partial charge in [0.15, 0.2) is 0 Å². The topological polar surface area (TPSA) is 66.8 Å². The molecule has 0 spiro atoms. The quantitative estimate of drug-likeness (QED) is 0.864. The van der Waals surface area contributed by atoms with Crippen LogP contribution in [0.15, 0.2) is 0 Å². The van der Waals surface area contributed by atoms with Gasteiger partial charge < -0.3 is 9.84 Å². The van der Waals surface area contributed by atoms with Crippen molar-refractivity contribution in [2.75, 3.05) is 0 Å². The lowest BCUT2D eigenvalue weighted by atomic mass is 9.86. The molecule has 2 unspecified atom stereocenters. The standard InChI is InChI=1S/C15H27NO4/c1-10-7-6-8-12(9-10)16(11(2)13(17)18)14(19)20-15(3,4)5/h10-12H,6-9H2,1-5H3,(H,17,18)/t10?,11-,12?/m0/s1. The highest BCUT2D eigenvalue weighted by Gasteiger charge is 2.36. The van der Waals surface area contributed by atoms with Crippen LogP contribution in [-0.2, 0) is 9.53 Å². The molecule has 1 aliphatic rings. The number of rotatable bonds is 3. The summed E-state index contributed by atoms with van der Waals surface area (Å²) in [6, 6.07) is -0.903. The molecule has 0 saturated heterocycles. The summed E-state index contributed by atoms with van der Waals surface area (Å²) in [5.74, 6) is -0.478. The van der Waals surface area contributed by atoms with Gasteiger partial charge in [0.05, 0.1) is 0 Å². The Bertz CT molecular complexity index is 361. The molecule has 1 amide bonds. The molecule has 0 aromatic heterocycles. The van der Waals surface area contributed by atoms with Gasteiger partial charge in [0.1, 0.15) is 11.6 Å². The van der Waals surface area contributed by atoms with Gasteiger partial charge in [0.25, 0.3) is 0 Å². The van der Waals surface area contributed by atoms with Crippen LogP contribution in [-0.4, -0.2) is 39.8 Å². The molecule has 0 aliphatic heterocycles. The van der Waals surface area contributed by atoms with Crippen LogP contribution in [0.5, 0.6) is 0 Å². The van der Waals surface area contributed by atoms with E-state index in [0.29, 0.717) is 5.92 Å². The highest BCUT2D eigenvalue weighted by Crippen LogP contribution is 2.29. The number of nitrogens with zero attached hydrogens (tertiary/aromatic N) is 1. The molecule has 3 atom stereocenters. The second-order valence-electron chi connectivity index (χ2n) is 6.83. The molecule has 0 heterocycles. The summed E-state index contributed by atoms with van der Waals surface area (Å²) >= 11 is 0. The van der Waals surface area contributed by atoms with Crippen molar-refractivity contribution in [2.24, 2.45) is 5.92 Å². The summed E-state index contributed by atoms with van der Waals surface area (Å²) in [5.41, 5.74) is -0.617. The molecular weight excluding hydrogens is 258 g/mol. The lowest BCUT2D eigenvalue weighted by Crippen LogP contribution is -2.52. The van der Waals surface area contributed by atoms with Gasteiger partial charge in [-0.2, -0.15) is 0 Å². The summed E-state index contributed by atoms with van der Waals surface area (Å²) in [7, 11) is 0. The number of aliphatic carboxylic acids is 1. The molecule has 0 aromatic rings. The second kappa shape index (κ2) is 6.46. The van der Waals surface area contributed by atoms with E-state index in [0.717, 1.165) is 25.7 Å². The first-order chi connectivity index (χ1) is 9.11. The highest BCUT2D eigenvalue weighted by atomic mass is 16.6. The third-order valence-electron chi connectivity index (χ3n) is 3.68. The van der Waals surface area contributed by atoms with Crippen LogP contribution in [0, 0.1) is 5.92 Å². The fourth-order valence-electron chi connectivity index (χ4n) is 2.71. The number of ether oxygens (including phenoxy) is 1. The van der Waals surface area contributed by atoms with Crippen LogP contribution in [0.25, 0.3) is 0 Å². The first-order valence-corrected chi connectivity index (χ1v) is 7.36. The largest absolute Gasteiger partial charge is 0.480 e. The number of carbonyl (C=O) groups is 2. The van der Waals surface area contributed by atoms with Crippen LogP contribution in [0.2, 0.25) is 0 Å². The number of amides is 1. The maximum absolute atomic E-state index is 12.4. The molecule has 0 bridgehead atoms. The number of carboxylic acid groups (broad SMARTS) is 1. The van der Waals surface area contributed by atoms with Gasteiger partial charge in [-0.1, -0.05) is 19.8 Å². The summed E-state index contributed by atoms with van der Waals surface area (Å²) in [6.45, 7) is 9.06. The maximum Gasteiger partial charge on any atom is 0.411 e. The van der Waals surface area contributed by atoms with Crippen molar-refractivity contribution in [2.45, 2.75) is 78.0 Å². The van der Waals surface area contributed by atoms with Crippen molar-refractivity contribution in [3.63, 3.8) is 0 Å². The number of hydrogen-bond donors (Lipinski definition) is 1. The minimum atomic E-state index is -0.992. The molecule has 0 radical (unpaired) electrons. The number of carbonyl (C=O) groups excluding carboxylic acids is 1. The summed E-state index contributed by atoms with van der Waals surface area (Å²) in [5, 5.41) is 9.25. The zero-order chi connectivity index (χ0) is 15.5. The van der Waals surface area contributed by atoms with Gasteiger partial charge in [-0.3, -0.25) is 4.90 Å². The molecule has 5 nitrogen and oxygen atoms in total. The fourth-order valence-corrected chi connectivity index (χ4v) is 2.71. The van der Waals surface area contributed by atoms with Gasteiger partial charge in [0, 0.05) is 6.04 Å². The van der Waals surface area contributed by atoms with E-state index >= 15 is 0 Å². The zero-order valence-corrected chi connectivity index (χ0v) is 13.2. The van der Waals surface area contributed by atoms with E-state index in [4.69, 9.17) is 4.74 Å². The van der Waals surface area contributed by atoms with Gasteiger partial charge in [-0.05, 0) is 46.5 Å². The average Bonchev–Trinajstić information content (AvgIpc) is 2.26. The van der Waals surface area contributed by atoms with Gasteiger partial charge in [0.2, 0.25) is 0 Å². The summed E-state index contributed by atoms with van der Waals surface area (Å²) in [4.78, 5) is 25.1. The smallest absolute Gasteiger partial charge is 0.411 e. The maximum atomic E-state index is 12.4. The van der Waals surface area contributed by atoms with Crippen molar-refractivity contribution >= 4 is 12.1 Å². The predicted octanol–water partition coefficient (Wildman–Crippen LogP) is 3.28. The Morgan fingerprint density at radius 1 is 1.30 bits per heavy atom. The van der Waals surface area contributed by atoms with Crippen LogP contribution in [0.1, 0.15) is 60.3 Å². The molecular formula is C15H27NO4. The summed E-state index contributed by atoms with van der Waals surface area (Å²) < 4.78 is 5.38. The fraction of sp³-hybridized carbons (Fsp3) is 0.867. The van der Waals surface area contributed by atoms with Crippen LogP contribution >= 0.6 is 0 Å². The minimum Gasteiger partial charge on any atom is -0.480 e. The number of hydrogen-bond acceptors (Lipinski definition) is 3. The molecule has 1 rings (SSSR count). The normalized spacial score (nSPS) is 24.9. The van der Waals surface area contributed by atoms with E-state index in [-0.39, 0.29) is 6.04 Å². The summed E-state index contributed by atoms with van der Waals surface area (Å²) in [6.07, 6.45) is 3.34. The predicted molar refractivity (Wildman–Crippen MR) is 76.6 cm³/mol. The van der Waals surface area contributed by atoms with Crippen molar-refractivity contribution in [3.05, 3.63) is 0 Å². The van der Waals surface area contributed by atoms with Gasteiger partial charge in [-0.25, -0.2) is 9.59 Å².